The SMILES string of the molecule is O=C(CN(c1ccccc1F)S(=O)(=O)c1cccs1)Nc1ccc(S(=O)(=O)N2CCOCC2)cc1. The molecule has 9 nitrogen and oxygen atoms in total. The second-order valence-electron chi connectivity index (χ2n) is 7.48. The molecule has 1 aliphatic rings. The number of halogens is 1. The van der Waals surface area contributed by atoms with E-state index in [9.17, 15) is 26.0 Å². The fraction of sp³-hybridized carbons (Fsp3) is 0.227. The second-order valence-corrected chi connectivity index (χ2v) is 12.5. The second kappa shape index (κ2) is 10.4. The molecule has 2 heterocycles. The zero-order valence-electron chi connectivity index (χ0n) is 18.3. The van der Waals surface area contributed by atoms with Crippen molar-refractivity contribution in [3.63, 3.8) is 0 Å². The normalized spacial score (nSPS) is 15.0. The zero-order chi connectivity index (χ0) is 25.1. The maximum atomic E-state index is 14.5. The summed E-state index contributed by atoms with van der Waals surface area (Å²) in [6.45, 7) is 0.465. The van der Waals surface area contributed by atoms with Crippen molar-refractivity contribution in [2.24, 2.45) is 0 Å². The van der Waals surface area contributed by atoms with E-state index in [4.69, 9.17) is 4.74 Å². The molecule has 0 atom stereocenters. The number of carbonyl (C=O) groups is 1. The monoisotopic (exact) mass is 539 g/mol. The highest BCUT2D eigenvalue weighted by molar-refractivity contribution is 7.94. The Morgan fingerprint density at radius 3 is 2.31 bits per heavy atom. The van der Waals surface area contributed by atoms with Crippen molar-refractivity contribution >= 4 is 48.7 Å². The lowest BCUT2D eigenvalue weighted by Crippen LogP contribution is -2.40. The molecular formula is C22H22FN3O6S3. The summed E-state index contributed by atoms with van der Waals surface area (Å²) < 4.78 is 73.5. The molecule has 1 fully saturated rings. The van der Waals surface area contributed by atoms with Crippen LogP contribution in [0.4, 0.5) is 15.8 Å². The maximum Gasteiger partial charge on any atom is 0.274 e. The highest BCUT2D eigenvalue weighted by atomic mass is 32.2. The molecule has 1 N–H and O–H groups in total. The van der Waals surface area contributed by atoms with Gasteiger partial charge in [-0.15, -0.1) is 11.3 Å². The van der Waals surface area contributed by atoms with Crippen LogP contribution in [0.1, 0.15) is 0 Å². The first-order valence-electron chi connectivity index (χ1n) is 10.5. The van der Waals surface area contributed by atoms with Gasteiger partial charge in [0, 0.05) is 18.8 Å². The molecule has 0 saturated carbocycles. The number of nitrogens with zero attached hydrogens (tertiary/aromatic N) is 2. The first-order valence-corrected chi connectivity index (χ1v) is 14.2. The highest BCUT2D eigenvalue weighted by Crippen LogP contribution is 2.28. The minimum absolute atomic E-state index is 0.0359. The molecule has 0 unspecified atom stereocenters. The lowest BCUT2D eigenvalue weighted by molar-refractivity contribution is -0.114. The number of carbonyl (C=O) groups excluding carboxylic acids is 1. The molecule has 2 aromatic carbocycles. The third-order valence-corrected chi connectivity index (χ3v) is 10.2. The summed E-state index contributed by atoms with van der Waals surface area (Å²) in [5.74, 6) is -1.52. The summed E-state index contributed by atoms with van der Waals surface area (Å²) in [6.07, 6.45) is 0. The number of rotatable bonds is 8. The Hall–Kier alpha value is -2.84. The van der Waals surface area contributed by atoms with E-state index in [0.717, 1.165) is 17.4 Å². The van der Waals surface area contributed by atoms with Crippen LogP contribution < -0.4 is 9.62 Å². The van der Waals surface area contributed by atoms with E-state index < -0.39 is 38.3 Å². The maximum absolute atomic E-state index is 14.5. The number of hydrogen-bond acceptors (Lipinski definition) is 7. The molecule has 0 bridgehead atoms. The van der Waals surface area contributed by atoms with E-state index in [1.54, 1.807) is 11.4 Å². The van der Waals surface area contributed by atoms with Crippen LogP contribution in [0.2, 0.25) is 0 Å². The Morgan fingerprint density at radius 1 is 1.00 bits per heavy atom. The molecule has 35 heavy (non-hydrogen) atoms. The average Bonchev–Trinajstić information content (AvgIpc) is 3.40. The largest absolute Gasteiger partial charge is 0.379 e. The third-order valence-electron chi connectivity index (χ3n) is 5.19. The summed E-state index contributed by atoms with van der Waals surface area (Å²) in [6, 6.07) is 13.7. The molecule has 1 saturated heterocycles. The van der Waals surface area contributed by atoms with Crippen molar-refractivity contribution < 1.29 is 30.8 Å². The molecule has 13 heteroatoms. The molecule has 0 spiro atoms. The third kappa shape index (κ3) is 5.54. The smallest absolute Gasteiger partial charge is 0.274 e. The number of para-hydroxylation sites is 1. The van der Waals surface area contributed by atoms with Crippen LogP contribution in [0.25, 0.3) is 0 Å². The fourth-order valence-electron chi connectivity index (χ4n) is 3.45. The van der Waals surface area contributed by atoms with Crippen LogP contribution in [0, 0.1) is 5.82 Å². The lowest BCUT2D eigenvalue weighted by atomic mass is 10.3. The van der Waals surface area contributed by atoms with Gasteiger partial charge in [-0.2, -0.15) is 4.31 Å². The van der Waals surface area contributed by atoms with Crippen molar-refractivity contribution in [1.82, 2.24) is 4.31 Å². The van der Waals surface area contributed by atoms with E-state index in [0.29, 0.717) is 17.5 Å². The van der Waals surface area contributed by atoms with E-state index in [2.05, 4.69) is 5.32 Å². The number of ether oxygens (including phenoxy) is 1. The van der Waals surface area contributed by atoms with E-state index >= 15 is 0 Å². The van der Waals surface area contributed by atoms with Gasteiger partial charge in [0.05, 0.1) is 23.8 Å². The molecule has 1 aromatic heterocycles. The van der Waals surface area contributed by atoms with Crippen molar-refractivity contribution in [2.75, 3.05) is 42.5 Å². The van der Waals surface area contributed by atoms with Gasteiger partial charge in [-0.3, -0.25) is 9.10 Å². The molecule has 0 aliphatic carbocycles. The van der Waals surface area contributed by atoms with Gasteiger partial charge in [-0.1, -0.05) is 18.2 Å². The number of benzene rings is 2. The van der Waals surface area contributed by atoms with Crippen LogP contribution >= 0.6 is 11.3 Å². The number of thiophene rings is 1. The number of sulfonamides is 2. The Bertz CT molecular complexity index is 1390. The molecule has 186 valence electrons. The average molecular weight is 540 g/mol. The predicted octanol–water partition coefficient (Wildman–Crippen LogP) is 2.74. The van der Waals surface area contributed by atoms with Crippen molar-refractivity contribution in [2.45, 2.75) is 9.10 Å². The van der Waals surface area contributed by atoms with Gasteiger partial charge < -0.3 is 10.1 Å². The summed E-state index contributed by atoms with van der Waals surface area (Å²) in [7, 11) is -7.90. The van der Waals surface area contributed by atoms with Crippen LogP contribution in [-0.4, -0.2) is 59.9 Å². The Kier molecular flexibility index (Phi) is 7.52. The van der Waals surface area contributed by atoms with E-state index in [1.807, 2.05) is 0 Å². The van der Waals surface area contributed by atoms with Gasteiger partial charge in [-0.25, -0.2) is 21.2 Å². The van der Waals surface area contributed by atoms with Crippen LogP contribution in [0.3, 0.4) is 0 Å². The number of anilines is 2. The van der Waals surface area contributed by atoms with Gasteiger partial charge >= 0.3 is 0 Å². The minimum Gasteiger partial charge on any atom is -0.379 e. The van der Waals surface area contributed by atoms with E-state index in [-0.39, 0.29) is 33.6 Å². The van der Waals surface area contributed by atoms with Gasteiger partial charge in [0.15, 0.2) is 0 Å². The quantitative estimate of drug-likeness (QED) is 0.471. The molecule has 4 rings (SSSR count). The van der Waals surface area contributed by atoms with Gasteiger partial charge in [0.25, 0.3) is 10.0 Å². The summed E-state index contributed by atoms with van der Waals surface area (Å²) in [5.41, 5.74) is 0.000866. The summed E-state index contributed by atoms with van der Waals surface area (Å²) in [5, 5.41) is 4.11. The lowest BCUT2D eigenvalue weighted by Gasteiger charge is -2.26. The fourth-order valence-corrected chi connectivity index (χ4v) is 7.39. The van der Waals surface area contributed by atoms with Crippen LogP contribution in [-0.2, 0) is 29.6 Å². The van der Waals surface area contributed by atoms with Crippen molar-refractivity contribution in [1.29, 1.82) is 0 Å². The Balaban J connectivity index is 1.53. The first kappa shape index (κ1) is 25.3. The first-order chi connectivity index (χ1) is 16.7. The number of hydrogen-bond donors (Lipinski definition) is 1. The van der Waals surface area contributed by atoms with Gasteiger partial charge in [0.2, 0.25) is 15.9 Å². The summed E-state index contributed by atoms with van der Waals surface area (Å²) in [4.78, 5) is 12.8. The summed E-state index contributed by atoms with van der Waals surface area (Å²) >= 11 is 0.953. The zero-order valence-corrected chi connectivity index (χ0v) is 20.8. The number of amides is 1. The Morgan fingerprint density at radius 2 is 1.69 bits per heavy atom. The van der Waals surface area contributed by atoms with Crippen LogP contribution in [0.15, 0.2) is 75.1 Å². The number of nitrogens with one attached hydrogen (secondary N) is 1. The Labute approximate surface area is 206 Å². The molecular weight excluding hydrogens is 517 g/mol. The predicted molar refractivity (Wildman–Crippen MR) is 130 cm³/mol. The molecule has 1 amide bonds. The molecule has 0 radical (unpaired) electrons. The van der Waals surface area contributed by atoms with Crippen LogP contribution in [0.5, 0.6) is 0 Å². The highest BCUT2D eigenvalue weighted by Gasteiger charge is 2.30. The van der Waals surface area contributed by atoms with Gasteiger partial charge in [-0.05, 0) is 47.8 Å². The van der Waals surface area contributed by atoms with E-state index in [1.165, 1.54) is 52.8 Å². The number of morpholine rings is 1. The topological polar surface area (TPSA) is 113 Å². The minimum atomic E-state index is -4.20. The van der Waals surface area contributed by atoms with Crippen molar-refractivity contribution in [3.8, 4) is 0 Å². The van der Waals surface area contributed by atoms with Gasteiger partial charge in [0.1, 0.15) is 16.6 Å². The molecule has 1 aliphatic heterocycles. The standard InChI is InChI=1S/C22H22FN3O6S3/c23-19-4-1-2-5-20(19)26(35(30,31)22-6-3-15-33-22)16-21(27)24-17-7-9-18(10-8-17)34(28,29)25-11-13-32-14-12-25/h1-10,15H,11-14,16H2,(H,24,27). The van der Waals surface area contributed by atoms with Crippen molar-refractivity contribution in [3.05, 3.63) is 71.9 Å². The molecule has 3 aromatic rings.